The third-order valence-corrected chi connectivity index (χ3v) is 4.00. The van der Waals surface area contributed by atoms with Gasteiger partial charge in [-0.3, -0.25) is 4.90 Å². The van der Waals surface area contributed by atoms with Gasteiger partial charge in [0.15, 0.2) is 0 Å². The van der Waals surface area contributed by atoms with Gasteiger partial charge in [-0.05, 0) is 32.7 Å². The molecule has 0 N–H and O–H groups in total. The van der Waals surface area contributed by atoms with Crippen molar-refractivity contribution in [2.75, 3.05) is 19.6 Å². The summed E-state index contributed by atoms with van der Waals surface area (Å²) < 4.78 is 0. The molecule has 0 radical (unpaired) electrons. The standard InChI is InChI=1S/C11H20BrN/c1-9(2)4-6-13-7-5-11(12)10(3)8-13/h4,10-11H,5-8H2,1-3H3. The van der Waals surface area contributed by atoms with Gasteiger partial charge in [0.25, 0.3) is 0 Å². The Balaban J connectivity index is 2.33. The second kappa shape index (κ2) is 5.16. The zero-order chi connectivity index (χ0) is 9.84. The van der Waals surface area contributed by atoms with Crippen LogP contribution in [0.3, 0.4) is 0 Å². The number of likely N-dealkylation sites (tertiary alicyclic amines) is 1. The molecule has 1 aliphatic heterocycles. The van der Waals surface area contributed by atoms with Crippen LogP contribution in [0.5, 0.6) is 0 Å². The lowest BCUT2D eigenvalue weighted by Crippen LogP contribution is -2.39. The molecule has 1 saturated heterocycles. The monoisotopic (exact) mass is 245 g/mol. The van der Waals surface area contributed by atoms with E-state index in [0.29, 0.717) is 0 Å². The van der Waals surface area contributed by atoms with E-state index in [1.165, 1.54) is 25.1 Å². The van der Waals surface area contributed by atoms with E-state index in [1.54, 1.807) is 0 Å². The fraction of sp³-hybridized carbons (Fsp3) is 0.818. The Morgan fingerprint density at radius 3 is 2.77 bits per heavy atom. The molecule has 1 heterocycles. The fourth-order valence-corrected chi connectivity index (χ4v) is 2.05. The van der Waals surface area contributed by atoms with Gasteiger partial charge in [0, 0.05) is 17.9 Å². The highest BCUT2D eigenvalue weighted by atomic mass is 79.9. The van der Waals surface area contributed by atoms with Crippen molar-refractivity contribution in [3.63, 3.8) is 0 Å². The maximum atomic E-state index is 3.72. The number of hydrogen-bond donors (Lipinski definition) is 0. The summed E-state index contributed by atoms with van der Waals surface area (Å²) >= 11 is 3.72. The maximum Gasteiger partial charge on any atom is 0.0195 e. The van der Waals surface area contributed by atoms with Crippen molar-refractivity contribution in [3.8, 4) is 0 Å². The average Bonchev–Trinajstić information content (AvgIpc) is 2.07. The summed E-state index contributed by atoms with van der Waals surface area (Å²) in [5.41, 5.74) is 1.42. The van der Waals surface area contributed by atoms with Crippen LogP contribution in [0.1, 0.15) is 27.2 Å². The quantitative estimate of drug-likeness (QED) is 0.534. The summed E-state index contributed by atoms with van der Waals surface area (Å²) in [4.78, 5) is 3.27. The molecule has 0 aromatic heterocycles. The molecule has 0 aromatic carbocycles. The predicted octanol–water partition coefficient (Wildman–Crippen LogP) is 3.06. The van der Waals surface area contributed by atoms with Crippen LogP contribution in [-0.2, 0) is 0 Å². The maximum absolute atomic E-state index is 3.72. The van der Waals surface area contributed by atoms with E-state index in [9.17, 15) is 0 Å². The van der Waals surface area contributed by atoms with E-state index in [1.807, 2.05) is 0 Å². The van der Waals surface area contributed by atoms with E-state index in [4.69, 9.17) is 0 Å². The lowest BCUT2D eigenvalue weighted by Gasteiger charge is -2.33. The van der Waals surface area contributed by atoms with Crippen molar-refractivity contribution in [2.45, 2.75) is 32.0 Å². The highest BCUT2D eigenvalue weighted by molar-refractivity contribution is 9.09. The molecule has 13 heavy (non-hydrogen) atoms. The summed E-state index contributed by atoms with van der Waals surface area (Å²) in [6.45, 7) is 10.3. The van der Waals surface area contributed by atoms with Crippen molar-refractivity contribution in [2.24, 2.45) is 5.92 Å². The topological polar surface area (TPSA) is 3.24 Å². The van der Waals surface area contributed by atoms with Crippen LogP contribution in [0, 0.1) is 5.92 Å². The highest BCUT2D eigenvalue weighted by Gasteiger charge is 2.22. The number of allylic oxidation sites excluding steroid dienone is 1. The van der Waals surface area contributed by atoms with Gasteiger partial charge in [-0.1, -0.05) is 34.5 Å². The highest BCUT2D eigenvalue weighted by Crippen LogP contribution is 2.23. The van der Waals surface area contributed by atoms with Gasteiger partial charge in [0.05, 0.1) is 0 Å². The Kier molecular flexibility index (Phi) is 4.47. The largest absolute Gasteiger partial charge is 0.299 e. The number of alkyl halides is 1. The zero-order valence-electron chi connectivity index (χ0n) is 8.89. The van der Waals surface area contributed by atoms with Crippen LogP contribution < -0.4 is 0 Å². The summed E-state index contributed by atoms with van der Waals surface area (Å²) in [5, 5.41) is 0. The third kappa shape index (κ3) is 3.82. The van der Waals surface area contributed by atoms with E-state index < -0.39 is 0 Å². The van der Waals surface area contributed by atoms with Gasteiger partial charge in [0.1, 0.15) is 0 Å². The summed E-state index contributed by atoms with van der Waals surface area (Å²) in [6.07, 6.45) is 3.61. The molecule has 0 saturated carbocycles. The Hall–Kier alpha value is 0.180. The number of hydrogen-bond acceptors (Lipinski definition) is 1. The Labute approximate surface area is 90.3 Å². The van der Waals surface area contributed by atoms with Crippen LogP contribution in [-0.4, -0.2) is 29.4 Å². The molecule has 0 aromatic rings. The van der Waals surface area contributed by atoms with E-state index in [-0.39, 0.29) is 0 Å². The molecule has 76 valence electrons. The lowest BCUT2D eigenvalue weighted by atomic mass is 10.00. The van der Waals surface area contributed by atoms with Gasteiger partial charge >= 0.3 is 0 Å². The number of rotatable bonds is 2. The minimum Gasteiger partial charge on any atom is -0.299 e. The normalized spacial score (nSPS) is 30.2. The molecule has 2 unspecified atom stereocenters. The minimum absolute atomic E-state index is 0.732. The van der Waals surface area contributed by atoms with Crippen LogP contribution in [0.25, 0.3) is 0 Å². The fourth-order valence-electron chi connectivity index (χ4n) is 1.68. The van der Waals surface area contributed by atoms with Gasteiger partial charge in [-0.25, -0.2) is 0 Å². The van der Waals surface area contributed by atoms with Gasteiger partial charge in [-0.15, -0.1) is 0 Å². The van der Waals surface area contributed by atoms with Gasteiger partial charge in [-0.2, -0.15) is 0 Å². The predicted molar refractivity (Wildman–Crippen MR) is 62.4 cm³/mol. The SMILES string of the molecule is CC(C)=CCN1CCC(Br)C(C)C1. The molecule has 1 nitrogen and oxygen atoms in total. The number of halogens is 1. The van der Waals surface area contributed by atoms with Gasteiger partial charge in [0.2, 0.25) is 0 Å². The first kappa shape index (κ1) is 11.3. The van der Waals surface area contributed by atoms with Crippen molar-refractivity contribution >= 4 is 15.9 Å². The van der Waals surface area contributed by atoms with Crippen LogP contribution in [0.4, 0.5) is 0 Å². The van der Waals surface area contributed by atoms with Crippen LogP contribution in [0.2, 0.25) is 0 Å². The third-order valence-electron chi connectivity index (χ3n) is 2.64. The summed E-state index contributed by atoms with van der Waals surface area (Å²) in [6, 6.07) is 0. The molecular formula is C11H20BrN. The molecule has 0 spiro atoms. The Morgan fingerprint density at radius 2 is 2.23 bits per heavy atom. The van der Waals surface area contributed by atoms with Crippen LogP contribution in [0.15, 0.2) is 11.6 Å². The van der Waals surface area contributed by atoms with Crippen molar-refractivity contribution in [3.05, 3.63) is 11.6 Å². The minimum atomic E-state index is 0.732. The van der Waals surface area contributed by atoms with Gasteiger partial charge < -0.3 is 0 Å². The first-order chi connectivity index (χ1) is 6.09. The van der Waals surface area contributed by atoms with Crippen molar-refractivity contribution in [1.29, 1.82) is 0 Å². The molecule has 1 fully saturated rings. The van der Waals surface area contributed by atoms with Crippen molar-refractivity contribution in [1.82, 2.24) is 4.90 Å². The zero-order valence-corrected chi connectivity index (χ0v) is 10.5. The first-order valence-corrected chi connectivity index (χ1v) is 6.01. The molecule has 1 rings (SSSR count). The molecule has 0 bridgehead atoms. The first-order valence-electron chi connectivity index (χ1n) is 5.09. The molecule has 2 atom stereocenters. The molecule has 2 heteroatoms. The molecular weight excluding hydrogens is 226 g/mol. The lowest BCUT2D eigenvalue weighted by molar-refractivity contribution is 0.209. The van der Waals surface area contributed by atoms with Crippen LogP contribution >= 0.6 is 15.9 Å². The second-order valence-electron chi connectivity index (χ2n) is 4.32. The molecule has 0 amide bonds. The van der Waals surface area contributed by atoms with Crippen molar-refractivity contribution < 1.29 is 0 Å². The molecule has 0 aliphatic carbocycles. The summed E-state index contributed by atoms with van der Waals surface area (Å²) in [7, 11) is 0. The van der Waals surface area contributed by atoms with E-state index in [0.717, 1.165) is 17.3 Å². The molecule has 1 aliphatic rings. The Morgan fingerprint density at radius 1 is 1.54 bits per heavy atom. The number of nitrogens with zero attached hydrogens (tertiary/aromatic N) is 1. The smallest absolute Gasteiger partial charge is 0.0195 e. The summed E-state index contributed by atoms with van der Waals surface area (Å²) in [5.74, 6) is 0.791. The van der Waals surface area contributed by atoms with E-state index >= 15 is 0 Å². The number of piperidine rings is 1. The second-order valence-corrected chi connectivity index (χ2v) is 5.50. The van der Waals surface area contributed by atoms with E-state index in [2.05, 4.69) is 47.7 Å². The average molecular weight is 246 g/mol. The Bertz CT molecular complexity index is 185.